The van der Waals surface area contributed by atoms with Crippen molar-refractivity contribution in [3.8, 4) is 11.5 Å². The van der Waals surface area contributed by atoms with Gasteiger partial charge in [0.2, 0.25) is 0 Å². The molecule has 1 aliphatic heterocycles. The van der Waals surface area contributed by atoms with Crippen molar-refractivity contribution in [3.63, 3.8) is 0 Å². The lowest BCUT2D eigenvalue weighted by atomic mass is 9.93. The highest BCUT2D eigenvalue weighted by atomic mass is 16.5. The lowest BCUT2D eigenvalue weighted by molar-refractivity contribution is -0.179. The number of rotatable bonds is 5. The topological polar surface area (TPSA) is 105 Å². The van der Waals surface area contributed by atoms with Gasteiger partial charge in [-0.15, -0.1) is 0 Å². The number of esters is 1. The molecule has 0 radical (unpaired) electrons. The van der Waals surface area contributed by atoms with Crippen molar-refractivity contribution in [3.05, 3.63) is 59.7 Å². The zero-order valence-electron chi connectivity index (χ0n) is 14.8. The van der Waals surface area contributed by atoms with Crippen molar-refractivity contribution in [1.82, 2.24) is 0 Å². The molecule has 144 valence electrons. The van der Waals surface area contributed by atoms with E-state index in [4.69, 9.17) is 14.2 Å². The Hall–Kier alpha value is -2.45. The molecule has 0 saturated carbocycles. The van der Waals surface area contributed by atoms with E-state index in [0.717, 1.165) is 0 Å². The number of benzene rings is 2. The van der Waals surface area contributed by atoms with Crippen LogP contribution in [0.4, 0.5) is 0 Å². The Morgan fingerprint density at radius 1 is 1.15 bits per heavy atom. The third-order valence-electron chi connectivity index (χ3n) is 4.45. The molecule has 1 aliphatic rings. The van der Waals surface area contributed by atoms with Gasteiger partial charge in [-0.25, -0.2) is 4.79 Å². The van der Waals surface area contributed by atoms with Gasteiger partial charge in [-0.1, -0.05) is 18.2 Å². The molecule has 0 spiro atoms. The zero-order chi connectivity index (χ0) is 19.4. The van der Waals surface area contributed by atoms with Crippen LogP contribution in [0.15, 0.2) is 48.5 Å². The Bertz CT molecular complexity index is 774. The quantitative estimate of drug-likeness (QED) is 0.686. The molecule has 3 N–H and O–H groups in total. The van der Waals surface area contributed by atoms with Crippen LogP contribution in [-0.2, 0) is 9.47 Å². The van der Waals surface area contributed by atoms with Gasteiger partial charge < -0.3 is 29.5 Å². The first-order valence-corrected chi connectivity index (χ1v) is 8.60. The Morgan fingerprint density at radius 2 is 1.89 bits per heavy atom. The molecule has 3 rings (SSSR count). The molecule has 0 bridgehead atoms. The maximum absolute atomic E-state index is 11.6. The summed E-state index contributed by atoms with van der Waals surface area (Å²) < 4.78 is 16.1. The highest BCUT2D eigenvalue weighted by Crippen LogP contribution is 2.33. The Kier molecular flexibility index (Phi) is 6.08. The molecular formula is C20H22O7. The van der Waals surface area contributed by atoms with Crippen LogP contribution in [0.1, 0.15) is 28.4 Å². The molecule has 0 unspecified atom stereocenters. The van der Waals surface area contributed by atoms with Gasteiger partial charge >= 0.3 is 5.97 Å². The van der Waals surface area contributed by atoms with Gasteiger partial charge in [-0.05, 0) is 35.9 Å². The maximum atomic E-state index is 11.6. The molecule has 1 heterocycles. The second-order valence-electron chi connectivity index (χ2n) is 6.35. The molecule has 4 atom stereocenters. The van der Waals surface area contributed by atoms with Gasteiger partial charge in [0.25, 0.3) is 0 Å². The van der Waals surface area contributed by atoms with E-state index >= 15 is 0 Å². The minimum atomic E-state index is -1.07. The third-order valence-corrected chi connectivity index (χ3v) is 4.45. The van der Waals surface area contributed by atoms with E-state index < -0.39 is 30.4 Å². The van der Waals surface area contributed by atoms with Crippen molar-refractivity contribution < 1.29 is 34.3 Å². The maximum Gasteiger partial charge on any atom is 0.337 e. The standard InChI is InChI=1S/C20H22O7/c1-25-20(24)13-3-2-4-15(9-13)26-14-7-5-12(6-8-14)19-18(23)17(22)10-16(11-21)27-19/h2-9,16-19,21-23H,10-11H2,1H3/t16-,17-,18-,19+/m0/s1. The van der Waals surface area contributed by atoms with Gasteiger partial charge in [0, 0.05) is 6.42 Å². The summed E-state index contributed by atoms with van der Waals surface area (Å²) in [5.74, 6) is 0.567. The molecule has 2 aromatic rings. The van der Waals surface area contributed by atoms with Crippen LogP contribution < -0.4 is 4.74 Å². The fourth-order valence-corrected chi connectivity index (χ4v) is 3.01. The number of methoxy groups -OCH3 is 1. The molecule has 0 amide bonds. The fourth-order valence-electron chi connectivity index (χ4n) is 3.01. The normalized spacial score (nSPS) is 25.0. The van der Waals surface area contributed by atoms with E-state index in [9.17, 15) is 20.1 Å². The first-order chi connectivity index (χ1) is 13.0. The summed E-state index contributed by atoms with van der Waals surface area (Å²) in [6.07, 6.45) is -3.10. The molecule has 0 aromatic heterocycles. The van der Waals surface area contributed by atoms with Gasteiger partial charge in [-0.3, -0.25) is 0 Å². The third kappa shape index (κ3) is 4.45. The second-order valence-corrected chi connectivity index (χ2v) is 6.35. The summed E-state index contributed by atoms with van der Waals surface area (Å²) >= 11 is 0. The minimum absolute atomic E-state index is 0.186. The smallest absolute Gasteiger partial charge is 0.337 e. The SMILES string of the molecule is COC(=O)c1cccc(Oc2ccc([C@H]3O[C@H](CO)C[C@H](O)[C@@H]3O)cc2)c1. The number of hydrogen-bond acceptors (Lipinski definition) is 7. The molecular weight excluding hydrogens is 352 g/mol. The summed E-state index contributed by atoms with van der Waals surface area (Å²) in [6, 6.07) is 13.5. The van der Waals surface area contributed by atoms with Gasteiger partial charge in [0.15, 0.2) is 0 Å². The predicted molar refractivity (Wildman–Crippen MR) is 95.6 cm³/mol. The van der Waals surface area contributed by atoms with Crippen LogP contribution in [0.2, 0.25) is 0 Å². The largest absolute Gasteiger partial charge is 0.465 e. The first-order valence-electron chi connectivity index (χ1n) is 8.60. The van der Waals surface area contributed by atoms with Crippen LogP contribution in [-0.4, -0.2) is 53.3 Å². The molecule has 1 saturated heterocycles. The van der Waals surface area contributed by atoms with E-state index in [2.05, 4.69) is 0 Å². The van der Waals surface area contributed by atoms with E-state index in [1.165, 1.54) is 7.11 Å². The lowest BCUT2D eigenvalue weighted by Gasteiger charge is -2.36. The summed E-state index contributed by atoms with van der Waals surface area (Å²) in [6.45, 7) is -0.224. The Labute approximate surface area is 156 Å². The van der Waals surface area contributed by atoms with Crippen molar-refractivity contribution in [2.75, 3.05) is 13.7 Å². The Morgan fingerprint density at radius 3 is 2.56 bits per heavy atom. The molecule has 7 heteroatoms. The fraction of sp³-hybridized carbons (Fsp3) is 0.350. The van der Waals surface area contributed by atoms with Gasteiger partial charge in [-0.2, -0.15) is 0 Å². The van der Waals surface area contributed by atoms with Gasteiger partial charge in [0.1, 0.15) is 23.7 Å². The number of hydrogen-bond donors (Lipinski definition) is 3. The summed E-state index contributed by atoms with van der Waals surface area (Å²) in [7, 11) is 1.31. The molecule has 0 aliphatic carbocycles. The number of carbonyl (C=O) groups excluding carboxylic acids is 1. The molecule has 27 heavy (non-hydrogen) atoms. The number of aliphatic hydroxyl groups is 3. The van der Waals surface area contributed by atoms with Gasteiger partial charge in [0.05, 0.1) is 31.5 Å². The number of aliphatic hydroxyl groups excluding tert-OH is 3. The van der Waals surface area contributed by atoms with Crippen LogP contribution in [0, 0.1) is 0 Å². The van der Waals surface area contributed by atoms with Crippen LogP contribution in [0.5, 0.6) is 11.5 Å². The molecule has 7 nitrogen and oxygen atoms in total. The van der Waals surface area contributed by atoms with Crippen LogP contribution in [0.25, 0.3) is 0 Å². The second kappa shape index (κ2) is 8.49. The number of carbonyl (C=O) groups is 1. The van der Waals surface area contributed by atoms with E-state index in [-0.39, 0.29) is 13.0 Å². The van der Waals surface area contributed by atoms with E-state index in [1.54, 1.807) is 48.5 Å². The first kappa shape index (κ1) is 19.3. The van der Waals surface area contributed by atoms with E-state index in [1.807, 2.05) is 0 Å². The average Bonchev–Trinajstić information content (AvgIpc) is 2.70. The van der Waals surface area contributed by atoms with Crippen LogP contribution in [0.3, 0.4) is 0 Å². The van der Waals surface area contributed by atoms with Crippen molar-refractivity contribution >= 4 is 5.97 Å². The van der Waals surface area contributed by atoms with Crippen molar-refractivity contribution in [2.45, 2.75) is 30.8 Å². The summed E-state index contributed by atoms with van der Waals surface area (Å²) in [4.78, 5) is 11.6. The zero-order valence-corrected chi connectivity index (χ0v) is 14.8. The van der Waals surface area contributed by atoms with Crippen molar-refractivity contribution in [2.24, 2.45) is 0 Å². The predicted octanol–water partition coefficient (Wildman–Crippen LogP) is 1.81. The average molecular weight is 374 g/mol. The highest BCUT2D eigenvalue weighted by molar-refractivity contribution is 5.89. The Balaban J connectivity index is 1.73. The monoisotopic (exact) mass is 374 g/mol. The van der Waals surface area contributed by atoms with E-state index in [0.29, 0.717) is 22.6 Å². The van der Waals surface area contributed by atoms with Crippen LogP contribution >= 0.6 is 0 Å². The summed E-state index contributed by atoms with van der Waals surface area (Å²) in [5.41, 5.74) is 1.05. The minimum Gasteiger partial charge on any atom is -0.465 e. The summed E-state index contributed by atoms with van der Waals surface area (Å²) in [5, 5.41) is 29.4. The molecule has 1 fully saturated rings. The molecule has 2 aromatic carbocycles. The lowest BCUT2D eigenvalue weighted by Crippen LogP contribution is -2.44. The number of ether oxygens (including phenoxy) is 3. The van der Waals surface area contributed by atoms with Crippen molar-refractivity contribution in [1.29, 1.82) is 0 Å². The highest BCUT2D eigenvalue weighted by Gasteiger charge is 2.37.